The number of fused-ring (bicyclic) bond motifs is 1. The fraction of sp³-hybridized carbons (Fsp3) is 0.381. The monoisotopic (exact) mass is 378 g/mol. The van der Waals surface area contributed by atoms with Crippen molar-refractivity contribution in [2.24, 2.45) is 21.9 Å². The molecule has 4 rings (SSSR count). The standard InChI is InChI=1S/C21H26N6O/c1-26-9-10-27(12-15-5-3-2-4-6-15)14-17(13-26)23-21(28)20-18-11-16(22)7-8-19(18)24-25-20/h2-8,11,17-18H,9-10,12-14,22H2,1H3,(H,23,28). The summed E-state index contributed by atoms with van der Waals surface area (Å²) in [6.45, 7) is 4.43. The fourth-order valence-corrected chi connectivity index (χ4v) is 3.87. The Morgan fingerprint density at radius 2 is 2.00 bits per heavy atom. The van der Waals surface area contributed by atoms with Gasteiger partial charge in [0, 0.05) is 38.4 Å². The van der Waals surface area contributed by atoms with E-state index in [9.17, 15) is 4.79 Å². The zero-order chi connectivity index (χ0) is 19.5. The van der Waals surface area contributed by atoms with Crippen molar-refractivity contribution in [3.8, 4) is 0 Å². The number of likely N-dealkylation sites (N-methyl/N-ethyl adjacent to an activating group) is 1. The normalized spacial score (nSPS) is 25.4. The minimum Gasteiger partial charge on any atom is -0.399 e. The molecule has 0 aromatic heterocycles. The summed E-state index contributed by atoms with van der Waals surface area (Å²) < 4.78 is 0. The van der Waals surface area contributed by atoms with E-state index in [1.165, 1.54) is 5.56 Å². The van der Waals surface area contributed by atoms with Gasteiger partial charge in [-0.2, -0.15) is 5.10 Å². The second-order valence-corrected chi connectivity index (χ2v) is 7.64. The smallest absolute Gasteiger partial charge is 0.268 e. The summed E-state index contributed by atoms with van der Waals surface area (Å²) in [7, 11) is 2.09. The SMILES string of the molecule is CN1CCN(Cc2ccccc2)CC(NC(=O)C2=NN=C3C=CC(N)=CC32)C1. The maximum atomic E-state index is 12.9. The number of nitrogens with zero attached hydrogens (tertiary/aromatic N) is 4. The van der Waals surface area contributed by atoms with Crippen molar-refractivity contribution in [3.05, 3.63) is 59.8 Å². The van der Waals surface area contributed by atoms with Crippen LogP contribution in [-0.4, -0.2) is 66.4 Å². The van der Waals surface area contributed by atoms with Crippen LogP contribution >= 0.6 is 0 Å². The van der Waals surface area contributed by atoms with Gasteiger partial charge in [0.25, 0.3) is 5.91 Å². The number of rotatable bonds is 4. The van der Waals surface area contributed by atoms with Crippen LogP contribution in [0, 0.1) is 5.92 Å². The predicted octanol–water partition coefficient (Wildman–Crippen LogP) is 0.758. The lowest BCUT2D eigenvalue weighted by Gasteiger charge is -2.25. The van der Waals surface area contributed by atoms with E-state index in [-0.39, 0.29) is 17.9 Å². The van der Waals surface area contributed by atoms with Gasteiger partial charge >= 0.3 is 0 Å². The van der Waals surface area contributed by atoms with Gasteiger partial charge in [0.1, 0.15) is 5.71 Å². The molecule has 1 aromatic rings. The Morgan fingerprint density at radius 1 is 1.18 bits per heavy atom. The average Bonchev–Trinajstić information content (AvgIpc) is 3.01. The number of amides is 1. The molecule has 0 saturated carbocycles. The van der Waals surface area contributed by atoms with Gasteiger partial charge in [0.15, 0.2) is 0 Å². The Kier molecular flexibility index (Phi) is 5.36. The first-order valence-corrected chi connectivity index (χ1v) is 9.65. The van der Waals surface area contributed by atoms with E-state index in [1.54, 1.807) is 6.08 Å². The molecule has 1 saturated heterocycles. The van der Waals surface area contributed by atoms with Crippen molar-refractivity contribution in [1.82, 2.24) is 15.1 Å². The van der Waals surface area contributed by atoms with Crippen LogP contribution in [-0.2, 0) is 11.3 Å². The van der Waals surface area contributed by atoms with Crippen LogP contribution in [0.2, 0.25) is 0 Å². The van der Waals surface area contributed by atoms with Crippen LogP contribution in [0.15, 0.2) is 64.5 Å². The number of nitrogens with two attached hydrogens (primary N) is 1. The van der Waals surface area contributed by atoms with Gasteiger partial charge < -0.3 is 16.0 Å². The molecular weight excluding hydrogens is 352 g/mol. The minimum atomic E-state index is -0.242. The highest BCUT2D eigenvalue weighted by Crippen LogP contribution is 2.20. The molecule has 1 fully saturated rings. The van der Waals surface area contributed by atoms with Gasteiger partial charge in [0.2, 0.25) is 0 Å². The Bertz CT molecular complexity index is 857. The van der Waals surface area contributed by atoms with E-state index in [4.69, 9.17) is 5.73 Å². The van der Waals surface area contributed by atoms with Crippen LogP contribution < -0.4 is 11.1 Å². The summed E-state index contributed by atoms with van der Waals surface area (Å²) in [5.74, 6) is -0.406. The lowest BCUT2D eigenvalue weighted by Crippen LogP contribution is -2.49. The second kappa shape index (κ2) is 8.08. The topological polar surface area (TPSA) is 86.3 Å². The summed E-state index contributed by atoms with van der Waals surface area (Å²) >= 11 is 0. The fourth-order valence-electron chi connectivity index (χ4n) is 3.87. The quantitative estimate of drug-likeness (QED) is 0.810. The molecular formula is C21H26N6O. The first-order chi connectivity index (χ1) is 13.6. The highest BCUT2D eigenvalue weighted by atomic mass is 16.2. The van der Waals surface area contributed by atoms with E-state index in [0.717, 1.165) is 38.4 Å². The molecule has 3 aliphatic rings. The molecule has 2 unspecified atom stereocenters. The summed E-state index contributed by atoms with van der Waals surface area (Å²) in [6.07, 6.45) is 5.45. The number of carbonyl (C=O) groups is 1. The summed E-state index contributed by atoms with van der Waals surface area (Å²) in [4.78, 5) is 17.6. The first kappa shape index (κ1) is 18.6. The average molecular weight is 378 g/mol. The van der Waals surface area contributed by atoms with Gasteiger partial charge in [-0.3, -0.25) is 9.69 Å². The molecule has 2 heterocycles. The number of carbonyl (C=O) groups excluding carboxylic acids is 1. The van der Waals surface area contributed by atoms with E-state index in [1.807, 2.05) is 18.2 Å². The van der Waals surface area contributed by atoms with Crippen LogP contribution in [0.25, 0.3) is 0 Å². The Balaban J connectivity index is 1.41. The van der Waals surface area contributed by atoms with Gasteiger partial charge in [-0.1, -0.05) is 30.3 Å². The number of allylic oxidation sites excluding steroid dienone is 3. The van der Waals surface area contributed by atoms with Crippen molar-refractivity contribution in [2.45, 2.75) is 12.6 Å². The Labute approximate surface area is 165 Å². The third kappa shape index (κ3) is 4.21. The third-order valence-corrected chi connectivity index (χ3v) is 5.32. The molecule has 3 N–H and O–H groups in total. The predicted molar refractivity (Wildman–Crippen MR) is 111 cm³/mol. The van der Waals surface area contributed by atoms with Crippen molar-refractivity contribution in [2.75, 3.05) is 33.2 Å². The Hall–Kier alpha value is -2.77. The summed E-state index contributed by atoms with van der Waals surface area (Å²) in [5, 5.41) is 11.4. The van der Waals surface area contributed by atoms with Gasteiger partial charge in [-0.15, -0.1) is 5.10 Å². The zero-order valence-electron chi connectivity index (χ0n) is 16.1. The molecule has 2 atom stereocenters. The highest BCUT2D eigenvalue weighted by Gasteiger charge is 2.32. The third-order valence-electron chi connectivity index (χ3n) is 5.32. The number of hydrogen-bond acceptors (Lipinski definition) is 6. The molecule has 2 aliphatic heterocycles. The van der Waals surface area contributed by atoms with Crippen LogP contribution in [0.4, 0.5) is 0 Å². The van der Waals surface area contributed by atoms with Crippen molar-refractivity contribution in [3.63, 3.8) is 0 Å². The lowest BCUT2D eigenvalue weighted by molar-refractivity contribution is -0.115. The summed E-state index contributed by atoms with van der Waals surface area (Å²) in [5.41, 5.74) is 8.99. The zero-order valence-corrected chi connectivity index (χ0v) is 16.1. The van der Waals surface area contributed by atoms with Crippen molar-refractivity contribution in [1.29, 1.82) is 0 Å². The number of benzene rings is 1. The van der Waals surface area contributed by atoms with E-state index in [2.05, 4.69) is 56.6 Å². The molecule has 1 amide bonds. The van der Waals surface area contributed by atoms with Crippen molar-refractivity contribution >= 4 is 17.3 Å². The second-order valence-electron chi connectivity index (χ2n) is 7.64. The van der Waals surface area contributed by atoms with Crippen LogP contribution in [0.5, 0.6) is 0 Å². The van der Waals surface area contributed by atoms with E-state index >= 15 is 0 Å². The van der Waals surface area contributed by atoms with Crippen molar-refractivity contribution < 1.29 is 4.79 Å². The lowest BCUT2D eigenvalue weighted by atomic mass is 9.92. The molecule has 1 aliphatic carbocycles. The van der Waals surface area contributed by atoms with Gasteiger partial charge in [-0.05, 0) is 30.8 Å². The molecule has 0 spiro atoms. The minimum absolute atomic E-state index is 0.0240. The van der Waals surface area contributed by atoms with Crippen LogP contribution in [0.3, 0.4) is 0 Å². The summed E-state index contributed by atoms with van der Waals surface area (Å²) in [6, 6.07) is 10.5. The Morgan fingerprint density at radius 3 is 2.82 bits per heavy atom. The van der Waals surface area contributed by atoms with Gasteiger partial charge in [0.05, 0.1) is 17.7 Å². The number of nitrogens with one attached hydrogen (secondary N) is 1. The van der Waals surface area contributed by atoms with E-state index in [0.29, 0.717) is 11.4 Å². The highest BCUT2D eigenvalue weighted by molar-refractivity contribution is 6.46. The molecule has 7 nitrogen and oxygen atoms in total. The maximum Gasteiger partial charge on any atom is 0.268 e. The van der Waals surface area contributed by atoms with E-state index < -0.39 is 0 Å². The first-order valence-electron chi connectivity index (χ1n) is 9.65. The maximum absolute atomic E-state index is 12.9. The largest absolute Gasteiger partial charge is 0.399 e. The molecule has 146 valence electrons. The number of hydrogen-bond donors (Lipinski definition) is 2. The van der Waals surface area contributed by atoms with Crippen LogP contribution in [0.1, 0.15) is 5.56 Å². The molecule has 0 radical (unpaired) electrons. The molecule has 28 heavy (non-hydrogen) atoms. The molecule has 1 aromatic carbocycles. The molecule has 0 bridgehead atoms. The van der Waals surface area contributed by atoms with Gasteiger partial charge in [-0.25, -0.2) is 0 Å². The molecule has 7 heteroatoms.